The minimum atomic E-state index is 0.618. The highest BCUT2D eigenvalue weighted by Crippen LogP contribution is 2.20. The summed E-state index contributed by atoms with van der Waals surface area (Å²) in [4.78, 5) is 2.58. The van der Waals surface area contributed by atoms with Crippen LogP contribution in [0.2, 0.25) is 0 Å². The monoisotopic (exact) mass is 232 g/mol. The quantitative estimate of drug-likeness (QED) is 0.864. The molecule has 1 aliphatic heterocycles. The maximum Gasteiger partial charge on any atom is 0.00477 e. The molecule has 2 atom stereocenters. The van der Waals surface area contributed by atoms with Crippen LogP contribution in [-0.4, -0.2) is 31.1 Å². The fraction of sp³-hybridized carbons (Fsp3) is 0.600. The van der Waals surface area contributed by atoms with Crippen molar-refractivity contribution >= 4 is 0 Å². The molecular formula is C15H24N2. The Labute approximate surface area is 105 Å². The standard InChI is InChI=1S/C15H24N2/c1-13(15-7-3-2-4-8-15)11-17-9-5-6-14(10-16)12-17/h2-4,7-8,13-14H,5-6,9-12,16H2,1H3/t13-,14-/m1/s1. The first-order valence-electron chi connectivity index (χ1n) is 6.77. The molecule has 2 N–H and O–H groups in total. The van der Waals surface area contributed by atoms with Gasteiger partial charge < -0.3 is 10.6 Å². The molecule has 0 aliphatic carbocycles. The topological polar surface area (TPSA) is 29.3 Å². The van der Waals surface area contributed by atoms with E-state index in [9.17, 15) is 0 Å². The summed E-state index contributed by atoms with van der Waals surface area (Å²) in [5.41, 5.74) is 7.23. The Morgan fingerprint density at radius 3 is 2.82 bits per heavy atom. The number of nitrogens with zero attached hydrogens (tertiary/aromatic N) is 1. The molecule has 2 rings (SSSR count). The van der Waals surface area contributed by atoms with Crippen molar-refractivity contribution in [2.75, 3.05) is 26.2 Å². The number of hydrogen-bond donors (Lipinski definition) is 1. The van der Waals surface area contributed by atoms with Crippen LogP contribution >= 0.6 is 0 Å². The lowest BCUT2D eigenvalue weighted by molar-refractivity contribution is 0.171. The molecule has 1 fully saturated rings. The third-order valence-electron chi connectivity index (χ3n) is 3.84. The van der Waals surface area contributed by atoms with Gasteiger partial charge in [0.25, 0.3) is 0 Å². The first-order valence-corrected chi connectivity index (χ1v) is 6.77. The largest absolute Gasteiger partial charge is 0.330 e. The second kappa shape index (κ2) is 6.18. The van der Waals surface area contributed by atoms with E-state index in [4.69, 9.17) is 5.73 Å². The smallest absolute Gasteiger partial charge is 0.00477 e. The summed E-state index contributed by atoms with van der Waals surface area (Å²) >= 11 is 0. The molecule has 1 aromatic carbocycles. The maximum atomic E-state index is 5.78. The number of nitrogens with two attached hydrogens (primary N) is 1. The second-order valence-corrected chi connectivity index (χ2v) is 5.32. The molecule has 0 amide bonds. The summed E-state index contributed by atoms with van der Waals surface area (Å²) in [6, 6.07) is 10.8. The van der Waals surface area contributed by atoms with Crippen LogP contribution < -0.4 is 5.73 Å². The van der Waals surface area contributed by atoms with E-state index in [2.05, 4.69) is 42.2 Å². The van der Waals surface area contributed by atoms with Gasteiger partial charge in [-0.1, -0.05) is 37.3 Å². The molecule has 0 radical (unpaired) electrons. The first-order chi connectivity index (χ1) is 8.29. The van der Waals surface area contributed by atoms with E-state index in [-0.39, 0.29) is 0 Å². The molecule has 17 heavy (non-hydrogen) atoms. The van der Waals surface area contributed by atoms with E-state index in [1.165, 1.54) is 38.0 Å². The van der Waals surface area contributed by atoms with Gasteiger partial charge in [-0.3, -0.25) is 0 Å². The number of benzene rings is 1. The van der Waals surface area contributed by atoms with Crippen molar-refractivity contribution in [3.05, 3.63) is 35.9 Å². The van der Waals surface area contributed by atoms with Crippen LogP contribution in [-0.2, 0) is 0 Å². The van der Waals surface area contributed by atoms with Gasteiger partial charge in [0, 0.05) is 13.1 Å². The van der Waals surface area contributed by atoms with Crippen LogP contribution in [0.15, 0.2) is 30.3 Å². The summed E-state index contributed by atoms with van der Waals surface area (Å²) in [6.07, 6.45) is 2.62. The fourth-order valence-electron chi connectivity index (χ4n) is 2.78. The highest BCUT2D eigenvalue weighted by Gasteiger charge is 2.20. The molecule has 2 heteroatoms. The summed E-state index contributed by atoms with van der Waals surface area (Å²) in [5, 5.41) is 0. The Kier molecular flexibility index (Phi) is 4.57. The van der Waals surface area contributed by atoms with Crippen LogP contribution in [0.4, 0.5) is 0 Å². The second-order valence-electron chi connectivity index (χ2n) is 5.32. The summed E-state index contributed by atoms with van der Waals surface area (Å²) in [6.45, 7) is 6.76. The number of piperidine rings is 1. The normalized spacial score (nSPS) is 23.5. The van der Waals surface area contributed by atoms with E-state index in [0.717, 1.165) is 6.54 Å². The number of rotatable bonds is 4. The molecule has 1 heterocycles. The van der Waals surface area contributed by atoms with Gasteiger partial charge in [-0.2, -0.15) is 0 Å². The lowest BCUT2D eigenvalue weighted by Gasteiger charge is -2.33. The van der Waals surface area contributed by atoms with Crippen LogP contribution in [0.3, 0.4) is 0 Å². The molecule has 1 saturated heterocycles. The Balaban J connectivity index is 1.88. The molecule has 1 aromatic rings. The highest BCUT2D eigenvalue weighted by atomic mass is 15.1. The third-order valence-corrected chi connectivity index (χ3v) is 3.84. The average Bonchev–Trinajstić information content (AvgIpc) is 2.40. The van der Waals surface area contributed by atoms with Crippen LogP contribution in [0.5, 0.6) is 0 Å². The predicted molar refractivity (Wildman–Crippen MR) is 73.1 cm³/mol. The van der Waals surface area contributed by atoms with Crippen LogP contribution in [0.1, 0.15) is 31.2 Å². The van der Waals surface area contributed by atoms with E-state index in [1.807, 2.05) is 0 Å². The van der Waals surface area contributed by atoms with E-state index >= 15 is 0 Å². The Morgan fingerprint density at radius 2 is 2.12 bits per heavy atom. The highest BCUT2D eigenvalue weighted by molar-refractivity contribution is 5.19. The van der Waals surface area contributed by atoms with Gasteiger partial charge in [-0.25, -0.2) is 0 Å². The van der Waals surface area contributed by atoms with Crippen molar-refractivity contribution in [1.29, 1.82) is 0 Å². The van der Waals surface area contributed by atoms with Crippen molar-refractivity contribution in [2.45, 2.75) is 25.7 Å². The summed E-state index contributed by atoms with van der Waals surface area (Å²) < 4.78 is 0. The van der Waals surface area contributed by atoms with E-state index in [0.29, 0.717) is 11.8 Å². The molecule has 1 aliphatic rings. The van der Waals surface area contributed by atoms with Gasteiger partial charge in [0.15, 0.2) is 0 Å². The molecule has 0 unspecified atom stereocenters. The van der Waals surface area contributed by atoms with Crippen molar-refractivity contribution in [2.24, 2.45) is 11.7 Å². The number of hydrogen-bond acceptors (Lipinski definition) is 2. The Bertz CT molecular complexity index is 323. The molecule has 0 aromatic heterocycles. The van der Waals surface area contributed by atoms with Gasteiger partial charge in [-0.05, 0) is 43.3 Å². The lowest BCUT2D eigenvalue weighted by atomic mass is 9.95. The minimum absolute atomic E-state index is 0.618. The Hall–Kier alpha value is -0.860. The van der Waals surface area contributed by atoms with Crippen molar-refractivity contribution in [3.63, 3.8) is 0 Å². The maximum absolute atomic E-state index is 5.78. The van der Waals surface area contributed by atoms with Crippen LogP contribution in [0, 0.1) is 5.92 Å². The Morgan fingerprint density at radius 1 is 1.35 bits per heavy atom. The fourth-order valence-corrected chi connectivity index (χ4v) is 2.78. The summed E-state index contributed by atoms with van der Waals surface area (Å²) in [7, 11) is 0. The zero-order valence-electron chi connectivity index (χ0n) is 10.8. The predicted octanol–water partition coefficient (Wildman–Crippen LogP) is 2.46. The van der Waals surface area contributed by atoms with Gasteiger partial charge in [0.2, 0.25) is 0 Å². The first kappa shape index (κ1) is 12.6. The summed E-state index contributed by atoms with van der Waals surface area (Å²) in [5.74, 6) is 1.33. The van der Waals surface area contributed by atoms with Crippen LogP contribution in [0.25, 0.3) is 0 Å². The van der Waals surface area contributed by atoms with E-state index < -0.39 is 0 Å². The van der Waals surface area contributed by atoms with Gasteiger partial charge in [0.05, 0.1) is 0 Å². The molecule has 2 nitrogen and oxygen atoms in total. The van der Waals surface area contributed by atoms with Gasteiger partial charge >= 0.3 is 0 Å². The molecule has 0 bridgehead atoms. The van der Waals surface area contributed by atoms with E-state index in [1.54, 1.807) is 0 Å². The zero-order chi connectivity index (χ0) is 12.1. The SMILES string of the molecule is C[C@H](CN1CCC[C@H](CN)C1)c1ccccc1. The molecule has 0 saturated carbocycles. The molecule has 0 spiro atoms. The number of likely N-dealkylation sites (tertiary alicyclic amines) is 1. The van der Waals surface area contributed by atoms with Gasteiger partial charge in [-0.15, -0.1) is 0 Å². The zero-order valence-corrected chi connectivity index (χ0v) is 10.8. The van der Waals surface area contributed by atoms with Crippen molar-refractivity contribution < 1.29 is 0 Å². The minimum Gasteiger partial charge on any atom is -0.330 e. The van der Waals surface area contributed by atoms with Gasteiger partial charge in [0.1, 0.15) is 0 Å². The third kappa shape index (κ3) is 3.55. The molecular weight excluding hydrogens is 208 g/mol. The average molecular weight is 232 g/mol. The van der Waals surface area contributed by atoms with Crippen molar-refractivity contribution in [3.8, 4) is 0 Å². The molecule has 94 valence electrons. The lowest BCUT2D eigenvalue weighted by Crippen LogP contribution is -2.40. The van der Waals surface area contributed by atoms with Crippen molar-refractivity contribution in [1.82, 2.24) is 4.90 Å².